The van der Waals surface area contributed by atoms with E-state index in [2.05, 4.69) is 21.3 Å². The highest BCUT2D eigenvalue weighted by atomic mass is 16.1. The van der Waals surface area contributed by atoms with Crippen molar-refractivity contribution >= 4 is 11.6 Å². The molecule has 0 radical (unpaired) electrons. The van der Waals surface area contributed by atoms with Gasteiger partial charge in [-0.1, -0.05) is 18.2 Å². The number of benzene rings is 1. The van der Waals surface area contributed by atoms with Crippen LogP contribution in [0.25, 0.3) is 0 Å². The third-order valence-electron chi connectivity index (χ3n) is 4.56. The van der Waals surface area contributed by atoms with Gasteiger partial charge in [-0.2, -0.15) is 5.26 Å². The van der Waals surface area contributed by atoms with E-state index in [0.717, 1.165) is 37.2 Å². The van der Waals surface area contributed by atoms with Crippen LogP contribution < -0.4 is 16.0 Å². The molecule has 3 N–H and O–H groups in total. The normalized spacial score (nSPS) is 16.2. The van der Waals surface area contributed by atoms with Gasteiger partial charge in [0.25, 0.3) is 0 Å². The first-order chi connectivity index (χ1) is 12.2. The molecule has 3 rings (SSSR count). The highest BCUT2D eigenvalue weighted by molar-refractivity contribution is 5.81. The second kappa shape index (κ2) is 7.77. The maximum absolute atomic E-state index is 11.8. The monoisotopic (exact) mass is 335 g/mol. The Bertz CT molecular complexity index is 763. The summed E-state index contributed by atoms with van der Waals surface area (Å²) >= 11 is 0. The number of carbonyl (C=O) groups is 1. The second-order valence-corrected chi connectivity index (χ2v) is 6.18. The molecule has 1 saturated heterocycles. The lowest BCUT2D eigenvalue weighted by Crippen LogP contribution is -2.46. The fraction of sp³-hybridized carbons (Fsp3) is 0.316. The number of aromatic nitrogens is 1. The maximum Gasteiger partial charge on any atom is 0.239 e. The Hall–Kier alpha value is -2.91. The van der Waals surface area contributed by atoms with Gasteiger partial charge in [0, 0.05) is 31.5 Å². The van der Waals surface area contributed by atoms with Crippen LogP contribution in [0.2, 0.25) is 0 Å². The second-order valence-electron chi connectivity index (χ2n) is 6.18. The standard InChI is InChI=1S/C19H21N5O/c20-12-14-4-1-2-6-17(14)24-10-7-16(8-11-24)23-18(19(21)25)15-5-3-9-22-13-15/h1-6,9,13,16,18,23H,7-8,10-11H2,(H2,21,25). The largest absolute Gasteiger partial charge is 0.370 e. The number of amides is 1. The molecule has 1 aliphatic heterocycles. The van der Waals surface area contributed by atoms with Gasteiger partial charge in [0.1, 0.15) is 12.1 Å². The first-order valence-corrected chi connectivity index (χ1v) is 8.38. The molecular weight excluding hydrogens is 314 g/mol. The maximum atomic E-state index is 11.8. The summed E-state index contributed by atoms with van der Waals surface area (Å²) in [5.41, 5.74) is 8.02. The fourth-order valence-corrected chi connectivity index (χ4v) is 3.26. The molecule has 1 fully saturated rings. The predicted molar refractivity (Wildman–Crippen MR) is 95.7 cm³/mol. The van der Waals surface area contributed by atoms with Crippen molar-refractivity contribution in [3.63, 3.8) is 0 Å². The molecule has 1 aromatic carbocycles. The number of piperidine rings is 1. The van der Waals surface area contributed by atoms with Gasteiger partial charge in [-0.05, 0) is 36.6 Å². The Morgan fingerprint density at radius 1 is 1.28 bits per heavy atom. The van der Waals surface area contributed by atoms with E-state index in [1.807, 2.05) is 30.3 Å². The van der Waals surface area contributed by atoms with Crippen molar-refractivity contribution in [2.45, 2.75) is 24.9 Å². The Labute approximate surface area is 147 Å². The van der Waals surface area contributed by atoms with Gasteiger partial charge in [0.15, 0.2) is 0 Å². The molecule has 2 heterocycles. The number of carbonyl (C=O) groups excluding carboxylic acids is 1. The van der Waals surface area contributed by atoms with Crippen LogP contribution in [-0.2, 0) is 4.79 Å². The molecule has 0 saturated carbocycles. The molecule has 1 unspecified atom stereocenters. The summed E-state index contributed by atoms with van der Waals surface area (Å²) in [6, 6.07) is 13.2. The van der Waals surface area contributed by atoms with E-state index in [9.17, 15) is 10.1 Å². The topological polar surface area (TPSA) is 95.0 Å². The average molecular weight is 335 g/mol. The minimum Gasteiger partial charge on any atom is -0.370 e. The molecule has 0 aliphatic carbocycles. The van der Waals surface area contributed by atoms with Crippen LogP contribution in [0, 0.1) is 11.3 Å². The van der Waals surface area contributed by atoms with Gasteiger partial charge >= 0.3 is 0 Å². The van der Waals surface area contributed by atoms with Crippen molar-refractivity contribution in [2.75, 3.05) is 18.0 Å². The molecule has 0 bridgehead atoms. The van der Waals surface area contributed by atoms with E-state index in [1.54, 1.807) is 18.5 Å². The summed E-state index contributed by atoms with van der Waals surface area (Å²) in [6.45, 7) is 1.66. The molecule has 0 spiro atoms. The van der Waals surface area contributed by atoms with Crippen LogP contribution >= 0.6 is 0 Å². The number of primary amides is 1. The highest BCUT2D eigenvalue weighted by Gasteiger charge is 2.26. The Balaban J connectivity index is 1.64. The van der Waals surface area contributed by atoms with Crippen LogP contribution in [0.5, 0.6) is 0 Å². The van der Waals surface area contributed by atoms with Crippen LogP contribution in [0.4, 0.5) is 5.69 Å². The number of hydrogen-bond acceptors (Lipinski definition) is 5. The van der Waals surface area contributed by atoms with Crippen LogP contribution in [-0.4, -0.2) is 30.0 Å². The summed E-state index contributed by atoms with van der Waals surface area (Å²) < 4.78 is 0. The average Bonchev–Trinajstić information content (AvgIpc) is 2.67. The minimum absolute atomic E-state index is 0.197. The number of nitriles is 1. The number of nitrogens with two attached hydrogens (primary N) is 1. The number of nitrogens with zero attached hydrogens (tertiary/aromatic N) is 3. The molecule has 1 aromatic heterocycles. The van der Waals surface area contributed by atoms with Crippen molar-refractivity contribution in [3.8, 4) is 6.07 Å². The van der Waals surface area contributed by atoms with E-state index in [0.29, 0.717) is 5.56 Å². The number of rotatable bonds is 5. The molecule has 2 aromatic rings. The van der Waals surface area contributed by atoms with Crippen molar-refractivity contribution in [1.82, 2.24) is 10.3 Å². The zero-order valence-electron chi connectivity index (χ0n) is 13.9. The zero-order chi connectivity index (χ0) is 17.6. The van der Waals surface area contributed by atoms with Gasteiger partial charge in [-0.25, -0.2) is 0 Å². The quantitative estimate of drug-likeness (QED) is 0.868. The van der Waals surface area contributed by atoms with Crippen LogP contribution in [0.15, 0.2) is 48.8 Å². The van der Waals surface area contributed by atoms with E-state index < -0.39 is 11.9 Å². The molecule has 1 amide bonds. The molecule has 25 heavy (non-hydrogen) atoms. The Kier molecular flexibility index (Phi) is 5.26. The molecule has 6 nitrogen and oxygen atoms in total. The SMILES string of the molecule is N#Cc1ccccc1N1CCC(NC(C(N)=O)c2cccnc2)CC1. The van der Waals surface area contributed by atoms with E-state index in [1.165, 1.54) is 0 Å². The number of nitrogens with one attached hydrogen (secondary N) is 1. The smallest absolute Gasteiger partial charge is 0.239 e. The fourth-order valence-electron chi connectivity index (χ4n) is 3.26. The van der Waals surface area contributed by atoms with Crippen molar-refractivity contribution in [1.29, 1.82) is 5.26 Å². The van der Waals surface area contributed by atoms with Crippen molar-refractivity contribution < 1.29 is 4.79 Å². The molecule has 1 atom stereocenters. The number of pyridine rings is 1. The number of anilines is 1. The molecule has 6 heteroatoms. The van der Waals surface area contributed by atoms with Crippen molar-refractivity contribution in [2.24, 2.45) is 5.73 Å². The molecular formula is C19H21N5O. The van der Waals surface area contributed by atoms with E-state index in [-0.39, 0.29) is 6.04 Å². The van der Waals surface area contributed by atoms with Crippen LogP contribution in [0.1, 0.15) is 30.0 Å². The molecule has 128 valence electrons. The van der Waals surface area contributed by atoms with Crippen molar-refractivity contribution in [3.05, 3.63) is 59.9 Å². The van der Waals surface area contributed by atoms with Gasteiger partial charge < -0.3 is 10.6 Å². The first kappa shape index (κ1) is 16.9. The summed E-state index contributed by atoms with van der Waals surface area (Å²) in [5.74, 6) is -0.398. The highest BCUT2D eigenvalue weighted by Crippen LogP contribution is 2.24. The summed E-state index contributed by atoms with van der Waals surface area (Å²) in [7, 11) is 0. The van der Waals surface area contributed by atoms with Gasteiger partial charge in [-0.15, -0.1) is 0 Å². The van der Waals surface area contributed by atoms with Gasteiger partial charge in [0.2, 0.25) is 5.91 Å². The lowest BCUT2D eigenvalue weighted by molar-refractivity contribution is -0.120. The minimum atomic E-state index is -0.531. The Morgan fingerprint density at radius 2 is 2.04 bits per heavy atom. The third kappa shape index (κ3) is 3.95. The van der Waals surface area contributed by atoms with Crippen LogP contribution in [0.3, 0.4) is 0 Å². The lowest BCUT2D eigenvalue weighted by Gasteiger charge is -2.35. The summed E-state index contributed by atoms with van der Waals surface area (Å²) in [6.07, 6.45) is 5.10. The summed E-state index contributed by atoms with van der Waals surface area (Å²) in [5, 5.41) is 12.6. The van der Waals surface area contributed by atoms with E-state index in [4.69, 9.17) is 5.73 Å². The van der Waals surface area contributed by atoms with E-state index >= 15 is 0 Å². The molecule has 1 aliphatic rings. The number of hydrogen-bond donors (Lipinski definition) is 2. The van der Waals surface area contributed by atoms with Gasteiger partial charge in [0.05, 0.1) is 11.3 Å². The predicted octanol–water partition coefficient (Wildman–Crippen LogP) is 1.74. The lowest BCUT2D eigenvalue weighted by atomic mass is 10.00. The first-order valence-electron chi connectivity index (χ1n) is 8.38. The third-order valence-corrected chi connectivity index (χ3v) is 4.56. The number of para-hydroxylation sites is 1. The Morgan fingerprint density at radius 3 is 2.68 bits per heavy atom. The summed E-state index contributed by atoms with van der Waals surface area (Å²) in [4.78, 5) is 18.1. The van der Waals surface area contributed by atoms with Gasteiger partial charge in [-0.3, -0.25) is 15.1 Å². The zero-order valence-corrected chi connectivity index (χ0v) is 13.9.